The lowest BCUT2D eigenvalue weighted by Gasteiger charge is -2.28. The van der Waals surface area contributed by atoms with Crippen molar-refractivity contribution in [1.29, 1.82) is 0 Å². The summed E-state index contributed by atoms with van der Waals surface area (Å²) in [6, 6.07) is 5.14. The highest BCUT2D eigenvalue weighted by Gasteiger charge is 2.38. The van der Waals surface area contributed by atoms with E-state index in [1.807, 2.05) is 30.3 Å². The van der Waals surface area contributed by atoms with Crippen molar-refractivity contribution >= 4 is 29.7 Å². The lowest BCUT2D eigenvalue weighted by molar-refractivity contribution is -0.145. The summed E-state index contributed by atoms with van der Waals surface area (Å²) in [4.78, 5) is 61.4. The number of amides is 3. The van der Waals surface area contributed by atoms with E-state index in [0.717, 1.165) is 5.56 Å². The zero-order valence-corrected chi connectivity index (χ0v) is 18.4. The Morgan fingerprint density at radius 2 is 1.79 bits per heavy atom. The van der Waals surface area contributed by atoms with Crippen LogP contribution < -0.4 is 16.4 Å². The molecule has 0 aliphatic carbocycles. The number of carbonyl (C=O) groups is 5. The number of hydrogen-bond acceptors (Lipinski definition) is 6. The first-order valence-electron chi connectivity index (χ1n) is 10.8. The summed E-state index contributed by atoms with van der Waals surface area (Å²) in [5.41, 5.74) is 6.84. The maximum absolute atomic E-state index is 12.9. The average Bonchev–Trinajstić information content (AvgIpc) is 3.26. The molecule has 1 heterocycles. The Balaban J connectivity index is 1.95. The maximum Gasteiger partial charge on any atom is 0.326 e. The van der Waals surface area contributed by atoms with Crippen LogP contribution in [0, 0.1) is 0 Å². The highest BCUT2D eigenvalue weighted by molar-refractivity contribution is 5.94. The van der Waals surface area contributed by atoms with Crippen LogP contribution in [-0.2, 0) is 30.4 Å². The second kappa shape index (κ2) is 12.0. The molecule has 0 radical (unpaired) electrons. The SMILES string of the molecule is CC(NC(=O)C(N)Cc1ccccc1)C(=O)N1CCCC1C(=O)NC(CCC(=O)O)C(=O)O. The second-order valence-electron chi connectivity index (χ2n) is 8.05. The summed E-state index contributed by atoms with van der Waals surface area (Å²) in [6.45, 7) is 1.77. The summed E-state index contributed by atoms with van der Waals surface area (Å²) in [5, 5.41) is 22.9. The Morgan fingerprint density at radius 1 is 1.12 bits per heavy atom. The van der Waals surface area contributed by atoms with Gasteiger partial charge >= 0.3 is 11.9 Å². The van der Waals surface area contributed by atoms with Crippen LogP contribution in [0.2, 0.25) is 0 Å². The Morgan fingerprint density at radius 3 is 2.39 bits per heavy atom. The topological polar surface area (TPSA) is 179 Å². The number of nitrogens with two attached hydrogens (primary N) is 1. The van der Waals surface area contributed by atoms with Gasteiger partial charge in [-0.3, -0.25) is 19.2 Å². The minimum Gasteiger partial charge on any atom is -0.481 e. The third-order valence-corrected chi connectivity index (χ3v) is 5.46. The number of likely N-dealkylation sites (tertiary alicyclic amines) is 1. The molecule has 4 atom stereocenters. The molecule has 180 valence electrons. The van der Waals surface area contributed by atoms with Crippen molar-refractivity contribution in [1.82, 2.24) is 15.5 Å². The molecule has 1 aromatic rings. The van der Waals surface area contributed by atoms with E-state index < -0.39 is 60.2 Å². The molecule has 1 aliphatic rings. The predicted molar refractivity (Wildman–Crippen MR) is 117 cm³/mol. The monoisotopic (exact) mass is 462 g/mol. The van der Waals surface area contributed by atoms with Crippen molar-refractivity contribution in [3.05, 3.63) is 35.9 Å². The van der Waals surface area contributed by atoms with Crippen LogP contribution in [0.5, 0.6) is 0 Å². The van der Waals surface area contributed by atoms with Crippen LogP contribution in [0.3, 0.4) is 0 Å². The van der Waals surface area contributed by atoms with E-state index in [2.05, 4.69) is 10.6 Å². The van der Waals surface area contributed by atoms with Gasteiger partial charge in [0.25, 0.3) is 0 Å². The summed E-state index contributed by atoms with van der Waals surface area (Å²) in [5.74, 6) is -4.18. The molecule has 1 aliphatic heterocycles. The standard InChI is InChI=1S/C22H30N4O7/c1-13(24-19(29)15(23)12-14-6-3-2-4-7-14)21(31)26-11-5-8-17(26)20(30)25-16(22(32)33)9-10-18(27)28/h2-4,6-7,13,15-17H,5,8-12,23H2,1H3,(H,24,29)(H,25,30)(H,27,28)(H,32,33). The van der Waals surface area contributed by atoms with E-state index in [9.17, 15) is 29.1 Å². The summed E-state index contributed by atoms with van der Waals surface area (Å²) >= 11 is 0. The van der Waals surface area contributed by atoms with Crippen LogP contribution in [0.25, 0.3) is 0 Å². The second-order valence-corrected chi connectivity index (χ2v) is 8.05. The summed E-state index contributed by atoms with van der Waals surface area (Å²) < 4.78 is 0. The van der Waals surface area contributed by atoms with Crippen LogP contribution >= 0.6 is 0 Å². The first kappa shape index (κ1) is 25.8. The number of rotatable bonds is 11. The van der Waals surface area contributed by atoms with Crippen molar-refractivity contribution in [3.8, 4) is 0 Å². The molecular formula is C22H30N4O7. The number of nitrogens with zero attached hydrogens (tertiary/aromatic N) is 1. The molecule has 3 amide bonds. The first-order valence-corrected chi connectivity index (χ1v) is 10.8. The molecule has 6 N–H and O–H groups in total. The van der Waals surface area contributed by atoms with E-state index >= 15 is 0 Å². The molecule has 11 nitrogen and oxygen atoms in total. The van der Waals surface area contributed by atoms with Gasteiger partial charge in [0.05, 0.1) is 6.04 Å². The fourth-order valence-electron chi connectivity index (χ4n) is 3.69. The first-order chi connectivity index (χ1) is 15.6. The Bertz CT molecular complexity index is 877. The third kappa shape index (κ3) is 7.56. The summed E-state index contributed by atoms with van der Waals surface area (Å²) in [7, 11) is 0. The lowest BCUT2D eigenvalue weighted by atomic mass is 10.1. The van der Waals surface area contributed by atoms with Crippen LogP contribution in [0.4, 0.5) is 0 Å². The smallest absolute Gasteiger partial charge is 0.326 e. The molecule has 33 heavy (non-hydrogen) atoms. The number of carboxylic acid groups (broad SMARTS) is 2. The predicted octanol–water partition coefficient (Wildman–Crippen LogP) is -0.514. The van der Waals surface area contributed by atoms with Crippen LogP contribution in [-0.4, -0.2) is 75.5 Å². The molecule has 4 unspecified atom stereocenters. The molecule has 1 aromatic carbocycles. The van der Waals surface area contributed by atoms with Gasteiger partial charge in [-0.25, -0.2) is 4.79 Å². The van der Waals surface area contributed by atoms with Gasteiger partial charge in [-0.2, -0.15) is 0 Å². The molecule has 0 spiro atoms. The Hall–Kier alpha value is -3.47. The van der Waals surface area contributed by atoms with Crippen molar-refractivity contribution in [2.24, 2.45) is 5.73 Å². The van der Waals surface area contributed by atoms with E-state index in [-0.39, 0.29) is 13.0 Å². The van der Waals surface area contributed by atoms with Crippen molar-refractivity contribution in [2.75, 3.05) is 6.54 Å². The number of hydrogen-bond donors (Lipinski definition) is 5. The molecular weight excluding hydrogens is 432 g/mol. The number of carbonyl (C=O) groups excluding carboxylic acids is 3. The van der Waals surface area contributed by atoms with Crippen molar-refractivity contribution < 1.29 is 34.2 Å². The maximum atomic E-state index is 12.9. The molecule has 2 rings (SSSR count). The largest absolute Gasteiger partial charge is 0.481 e. The van der Waals surface area contributed by atoms with Crippen molar-refractivity contribution in [2.45, 2.75) is 63.2 Å². The fourth-order valence-corrected chi connectivity index (χ4v) is 3.69. The normalized spacial score (nSPS) is 18.1. The number of carboxylic acids is 2. The lowest BCUT2D eigenvalue weighted by Crippen LogP contribution is -2.56. The van der Waals surface area contributed by atoms with E-state index in [0.29, 0.717) is 19.3 Å². The van der Waals surface area contributed by atoms with Gasteiger partial charge in [0.15, 0.2) is 0 Å². The Labute approximate surface area is 191 Å². The van der Waals surface area contributed by atoms with Gasteiger partial charge in [0.2, 0.25) is 17.7 Å². The van der Waals surface area contributed by atoms with Gasteiger partial charge in [0.1, 0.15) is 18.1 Å². The average molecular weight is 463 g/mol. The molecule has 11 heteroatoms. The Kier molecular flexibility index (Phi) is 9.34. The highest BCUT2D eigenvalue weighted by Crippen LogP contribution is 2.19. The zero-order chi connectivity index (χ0) is 24.5. The number of benzene rings is 1. The number of aliphatic carboxylic acids is 2. The third-order valence-electron chi connectivity index (χ3n) is 5.46. The minimum atomic E-state index is -1.38. The van der Waals surface area contributed by atoms with E-state index in [4.69, 9.17) is 10.8 Å². The minimum absolute atomic E-state index is 0.275. The quantitative estimate of drug-likeness (QED) is 0.291. The molecule has 0 aromatic heterocycles. The van der Waals surface area contributed by atoms with Gasteiger partial charge < -0.3 is 31.5 Å². The van der Waals surface area contributed by atoms with Crippen LogP contribution in [0.1, 0.15) is 38.2 Å². The molecule has 0 bridgehead atoms. The highest BCUT2D eigenvalue weighted by atomic mass is 16.4. The van der Waals surface area contributed by atoms with E-state index in [1.54, 1.807) is 0 Å². The van der Waals surface area contributed by atoms with Gasteiger partial charge in [0, 0.05) is 13.0 Å². The molecule has 1 fully saturated rings. The summed E-state index contributed by atoms with van der Waals surface area (Å²) in [6.07, 6.45) is 0.469. The van der Waals surface area contributed by atoms with Gasteiger partial charge in [-0.1, -0.05) is 30.3 Å². The van der Waals surface area contributed by atoms with Crippen molar-refractivity contribution in [3.63, 3.8) is 0 Å². The van der Waals surface area contributed by atoms with Crippen LogP contribution in [0.15, 0.2) is 30.3 Å². The van der Waals surface area contributed by atoms with Gasteiger partial charge in [-0.15, -0.1) is 0 Å². The van der Waals surface area contributed by atoms with E-state index in [1.165, 1.54) is 11.8 Å². The molecule has 1 saturated heterocycles. The number of nitrogens with one attached hydrogen (secondary N) is 2. The molecule has 0 saturated carbocycles. The zero-order valence-electron chi connectivity index (χ0n) is 18.4. The fraction of sp³-hybridized carbons (Fsp3) is 0.500. The van der Waals surface area contributed by atoms with Gasteiger partial charge in [-0.05, 0) is 38.2 Å².